The number of fused-ring (bicyclic) bond motifs is 2. The van der Waals surface area contributed by atoms with Crippen LogP contribution >= 0.6 is 0 Å². The third kappa shape index (κ3) is 5.61. The van der Waals surface area contributed by atoms with Crippen molar-refractivity contribution in [2.24, 2.45) is 11.1 Å². The summed E-state index contributed by atoms with van der Waals surface area (Å²) in [5.74, 6) is 0.0921. The number of benzene rings is 2. The summed E-state index contributed by atoms with van der Waals surface area (Å²) in [6, 6.07) is 13.1. The van der Waals surface area contributed by atoms with Crippen LogP contribution in [0.25, 0.3) is 27.8 Å². The third-order valence-electron chi connectivity index (χ3n) is 8.97. The first kappa shape index (κ1) is 30.6. The zero-order valence-corrected chi connectivity index (χ0v) is 25.2. The summed E-state index contributed by atoms with van der Waals surface area (Å²) in [6.07, 6.45) is -5.32. The minimum atomic E-state index is -1.82. The molecule has 6 N–H and O–H groups in total. The molecule has 244 valence electrons. The van der Waals surface area contributed by atoms with E-state index in [0.717, 1.165) is 48.4 Å². The van der Waals surface area contributed by atoms with Gasteiger partial charge in [0.05, 0.1) is 42.1 Å². The number of imidazole rings is 1. The molecule has 0 amide bonds. The Morgan fingerprint density at radius 3 is 2.57 bits per heavy atom. The predicted molar refractivity (Wildman–Crippen MR) is 165 cm³/mol. The maximum absolute atomic E-state index is 11.6. The highest BCUT2D eigenvalue weighted by Gasteiger charge is 2.48. The summed E-state index contributed by atoms with van der Waals surface area (Å²) in [6.45, 7) is 5.51. The molecule has 0 radical (unpaired) electrons. The number of carboxylic acids is 1. The van der Waals surface area contributed by atoms with Crippen molar-refractivity contribution in [1.29, 1.82) is 0 Å². The second kappa shape index (κ2) is 12.0. The number of aliphatic hydroxyl groups is 3. The fraction of sp³-hybridized carbons (Fsp3) is 0.469. The lowest BCUT2D eigenvalue weighted by molar-refractivity contribution is -0.270. The van der Waals surface area contributed by atoms with Crippen molar-refractivity contribution in [2.45, 2.75) is 56.5 Å². The SMILES string of the molecule is CC1(COc2ccc3c(c2)ncn3-c2ccc3c(OC4OC(C(=O)O)C(O)C(O)C4O)ccc(N4CCC(N)CC4)c3n2)COC1. The van der Waals surface area contributed by atoms with Crippen molar-refractivity contribution in [2.75, 3.05) is 37.8 Å². The predicted octanol–water partition coefficient (Wildman–Crippen LogP) is 1.19. The number of hydrogen-bond acceptors (Lipinski definition) is 12. The molecule has 5 atom stereocenters. The Balaban J connectivity index is 1.23. The van der Waals surface area contributed by atoms with E-state index in [1.165, 1.54) is 0 Å². The fourth-order valence-corrected chi connectivity index (χ4v) is 6.13. The topological polar surface area (TPSA) is 195 Å². The van der Waals surface area contributed by atoms with Crippen molar-refractivity contribution in [3.05, 3.63) is 48.8 Å². The van der Waals surface area contributed by atoms with Gasteiger partial charge < -0.3 is 50.0 Å². The molecule has 3 saturated heterocycles. The number of hydrogen-bond donors (Lipinski definition) is 5. The van der Waals surface area contributed by atoms with Crippen molar-refractivity contribution < 1.29 is 44.2 Å². The Labute approximate surface area is 263 Å². The molecule has 5 heterocycles. The molecule has 14 nitrogen and oxygen atoms in total. The molecule has 0 spiro atoms. The van der Waals surface area contributed by atoms with Crippen LogP contribution in [-0.4, -0.2) is 111 Å². The quantitative estimate of drug-likeness (QED) is 0.185. The van der Waals surface area contributed by atoms with Gasteiger partial charge >= 0.3 is 5.97 Å². The van der Waals surface area contributed by atoms with Crippen LogP contribution in [0, 0.1) is 5.41 Å². The standard InChI is InChI=1S/C32H37N5O9/c1-32(13-43-14-32)15-44-18-2-4-21-20(12-18)34-16-37(21)24-7-3-19-23(45-31-28(40)26(38)27(39)29(46-31)30(41)42)6-5-22(25(19)35-24)36-10-8-17(33)9-11-36/h2-7,12,16-17,26-29,31,38-40H,8-11,13-15,33H2,1H3,(H,41,42). The molecule has 0 bridgehead atoms. The maximum Gasteiger partial charge on any atom is 0.335 e. The number of nitrogens with zero attached hydrogens (tertiary/aromatic N) is 4. The zero-order chi connectivity index (χ0) is 32.2. The van der Waals surface area contributed by atoms with E-state index in [9.17, 15) is 25.2 Å². The molecule has 4 aromatic rings. The number of aliphatic hydroxyl groups excluding tert-OH is 3. The van der Waals surface area contributed by atoms with Gasteiger partial charge in [-0.3, -0.25) is 4.57 Å². The molecule has 0 saturated carbocycles. The average molecular weight is 636 g/mol. The highest BCUT2D eigenvalue weighted by molar-refractivity contribution is 5.96. The Kier molecular flexibility index (Phi) is 7.95. The van der Waals surface area contributed by atoms with E-state index in [1.807, 2.05) is 41.0 Å². The minimum Gasteiger partial charge on any atom is -0.493 e. The number of carbonyl (C=O) groups is 1. The first-order valence-corrected chi connectivity index (χ1v) is 15.3. The average Bonchev–Trinajstić information content (AvgIpc) is 3.46. The highest BCUT2D eigenvalue weighted by atomic mass is 16.7. The Morgan fingerprint density at radius 1 is 1.07 bits per heavy atom. The molecule has 3 aliphatic heterocycles. The summed E-state index contributed by atoms with van der Waals surface area (Å²) in [5, 5.41) is 41.1. The van der Waals surface area contributed by atoms with Gasteiger partial charge in [0.2, 0.25) is 6.29 Å². The van der Waals surface area contributed by atoms with Gasteiger partial charge in [0, 0.05) is 36.0 Å². The van der Waals surface area contributed by atoms with Gasteiger partial charge in [-0.25, -0.2) is 14.8 Å². The van der Waals surface area contributed by atoms with Crippen LogP contribution in [0.15, 0.2) is 48.8 Å². The number of pyridine rings is 1. The van der Waals surface area contributed by atoms with E-state index < -0.39 is 36.7 Å². The lowest BCUT2D eigenvalue weighted by atomic mass is 9.90. The van der Waals surface area contributed by atoms with Crippen molar-refractivity contribution in [1.82, 2.24) is 14.5 Å². The third-order valence-corrected chi connectivity index (χ3v) is 8.97. The van der Waals surface area contributed by atoms with E-state index in [1.54, 1.807) is 12.4 Å². The van der Waals surface area contributed by atoms with Gasteiger partial charge in [-0.15, -0.1) is 0 Å². The fourth-order valence-electron chi connectivity index (χ4n) is 6.13. The van der Waals surface area contributed by atoms with Crippen molar-refractivity contribution >= 4 is 33.6 Å². The van der Waals surface area contributed by atoms with Gasteiger partial charge in [-0.2, -0.15) is 0 Å². The first-order valence-electron chi connectivity index (χ1n) is 15.3. The molecular weight excluding hydrogens is 598 g/mol. The lowest BCUT2D eigenvalue weighted by Gasteiger charge is -2.38. The molecule has 0 aliphatic carbocycles. The maximum atomic E-state index is 11.6. The first-order chi connectivity index (χ1) is 22.1. The van der Waals surface area contributed by atoms with Crippen LogP contribution in [0.5, 0.6) is 11.5 Å². The van der Waals surface area contributed by atoms with Gasteiger partial charge in [0.15, 0.2) is 6.10 Å². The zero-order valence-electron chi connectivity index (χ0n) is 25.2. The van der Waals surface area contributed by atoms with Crippen LogP contribution in [0.1, 0.15) is 19.8 Å². The summed E-state index contributed by atoms with van der Waals surface area (Å²) < 4.78 is 24.6. The summed E-state index contributed by atoms with van der Waals surface area (Å²) >= 11 is 0. The van der Waals surface area contributed by atoms with Crippen LogP contribution in [0.2, 0.25) is 0 Å². The van der Waals surface area contributed by atoms with Crippen molar-refractivity contribution in [3.8, 4) is 17.3 Å². The summed E-state index contributed by atoms with van der Waals surface area (Å²) in [7, 11) is 0. The number of piperidine rings is 1. The second-order valence-corrected chi connectivity index (χ2v) is 12.7. The second-order valence-electron chi connectivity index (χ2n) is 12.7. The highest BCUT2D eigenvalue weighted by Crippen LogP contribution is 2.37. The number of nitrogens with two attached hydrogens (primary N) is 1. The number of aliphatic carboxylic acids is 1. The monoisotopic (exact) mass is 635 g/mol. The van der Waals surface area contributed by atoms with Gasteiger partial charge in [0.25, 0.3) is 0 Å². The summed E-state index contributed by atoms with van der Waals surface area (Å²) in [5.41, 5.74) is 9.23. The Bertz CT molecular complexity index is 1750. The van der Waals surface area contributed by atoms with Crippen LogP contribution in [-0.2, 0) is 14.3 Å². The summed E-state index contributed by atoms with van der Waals surface area (Å²) in [4.78, 5) is 23.5. The Hall–Kier alpha value is -4.05. The van der Waals surface area contributed by atoms with Crippen LogP contribution < -0.4 is 20.1 Å². The minimum absolute atomic E-state index is 0.0171. The van der Waals surface area contributed by atoms with E-state index in [0.29, 0.717) is 36.5 Å². The molecular formula is C32H37N5O9. The number of ether oxygens (including phenoxy) is 4. The molecule has 3 fully saturated rings. The number of aromatic nitrogens is 3. The number of anilines is 1. The molecule has 14 heteroatoms. The van der Waals surface area contributed by atoms with Gasteiger partial charge in [0.1, 0.15) is 42.0 Å². The van der Waals surface area contributed by atoms with E-state index >= 15 is 0 Å². The van der Waals surface area contributed by atoms with Crippen LogP contribution in [0.3, 0.4) is 0 Å². The van der Waals surface area contributed by atoms with E-state index in [4.69, 9.17) is 29.7 Å². The number of carboxylic acid groups (broad SMARTS) is 1. The Morgan fingerprint density at radius 2 is 1.85 bits per heavy atom. The van der Waals surface area contributed by atoms with E-state index in [-0.39, 0.29) is 17.2 Å². The molecule has 46 heavy (non-hydrogen) atoms. The molecule has 7 rings (SSSR count). The normalized spacial score (nSPS) is 26.6. The largest absolute Gasteiger partial charge is 0.493 e. The van der Waals surface area contributed by atoms with Gasteiger partial charge in [-0.05, 0) is 49.2 Å². The number of rotatable bonds is 8. The smallest absolute Gasteiger partial charge is 0.335 e. The molecule has 5 unspecified atom stereocenters. The molecule has 2 aromatic heterocycles. The van der Waals surface area contributed by atoms with Crippen molar-refractivity contribution in [3.63, 3.8) is 0 Å². The molecule has 2 aromatic carbocycles. The molecule has 3 aliphatic rings. The van der Waals surface area contributed by atoms with Crippen LogP contribution in [0.4, 0.5) is 5.69 Å². The van der Waals surface area contributed by atoms with Gasteiger partial charge in [-0.1, -0.05) is 6.92 Å². The lowest BCUT2D eigenvalue weighted by Crippen LogP contribution is -2.61. The van der Waals surface area contributed by atoms with E-state index in [2.05, 4.69) is 16.8 Å².